The molecule has 1 aliphatic carbocycles. The number of carbonyl (C=O) groups excluding carboxylic acids is 1. The van der Waals surface area contributed by atoms with Gasteiger partial charge in [-0.05, 0) is 61.9 Å². The molecule has 1 N–H and O–H groups in total. The summed E-state index contributed by atoms with van der Waals surface area (Å²) in [5.41, 5.74) is 4.80. The number of piperazine rings is 1. The second-order valence-electron chi connectivity index (χ2n) is 10.8. The molecule has 0 spiro atoms. The molecule has 3 heterocycles. The molecule has 3 aliphatic rings. The van der Waals surface area contributed by atoms with Crippen molar-refractivity contribution in [3.63, 3.8) is 0 Å². The standard InChI is InChI=1S/C30H36FN5O2/c31-26-10-1-2-12-28(26)35-16-14-34(15-17-35)19-22-6-3-8-24(18-22)38-21-23-7-5-13-36(20-23)30(37)29-25-9-4-11-27(25)32-33-29/h1-3,6,8,10,12,18,23H,4-5,7,9,11,13-17,19-21H2,(H,32,33). The van der Waals surface area contributed by atoms with Crippen LogP contribution in [0.2, 0.25) is 0 Å². The zero-order valence-electron chi connectivity index (χ0n) is 21.9. The molecule has 1 amide bonds. The maximum Gasteiger partial charge on any atom is 0.274 e. The Kier molecular flexibility index (Phi) is 7.31. The molecule has 200 valence electrons. The number of para-hydroxylation sites is 1. The van der Waals surface area contributed by atoms with Crippen molar-refractivity contribution in [2.24, 2.45) is 5.92 Å². The van der Waals surface area contributed by atoms with Crippen molar-refractivity contribution in [3.8, 4) is 5.75 Å². The highest BCUT2D eigenvalue weighted by Crippen LogP contribution is 2.26. The molecule has 6 rings (SSSR count). The molecule has 2 aromatic carbocycles. The summed E-state index contributed by atoms with van der Waals surface area (Å²) in [6.45, 7) is 6.37. The first-order valence-electron chi connectivity index (χ1n) is 13.9. The molecular weight excluding hydrogens is 481 g/mol. The van der Waals surface area contributed by atoms with Crippen molar-refractivity contribution < 1.29 is 13.9 Å². The SMILES string of the molecule is O=C(c1n[nH]c2c1CCC2)N1CCCC(COc2cccc(CN3CCN(c4ccccc4F)CC3)c2)C1. The summed E-state index contributed by atoms with van der Waals surface area (Å²) < 4.78 is 20.4. The number of hydrogen-bond donors (Lipinski definition) is 1. The number of nitrogens with one attached hydrogen (secondary N) is 1. The average molecular weight is 518 g/mol. The number of hydrogen-bond acceptors (Lipinski definition) is 5. The third-order valence-electron chi connectivity index (χ3n) is 8.17. The lowest BCUT2D eigenvalue weighted by molar-refractivity contribution is 0.0626. The number of aromatic amines is 1. The second kappa shape index (κ2) is 11.2. The minimum Gasteiger partial charge on any atom is -0.493 e. The van der Waals surface area contributed by atoms with Crippen LogP contribution in [0.3, 0.4) is 0 Å². The molecule has 1 unspecified atom stereocenters. The predicted molar refractivity (Wildman–Crippen MR) is 145 cm³/mol. The van der Waals surface area contributed by atoms with Crippen LogP contribution in [0, 0.1) is 11.7 Å². The number of anilines is 1. The number of carbonyl (C=O) groups is 1. The quantitative estimate of drug-likeness (QED) is 0.507. The van der Waals surface area contributed by atoms with Crippen LogP contribution in [-0.2, 0) is 19.4 Å². The fourth-order valence-electron chi connectivity index (χ4n) is 6.09. The molecular formula is C30H36FN5O2. The van der Waals surface area contributed by atoms with E-state index in [9.17, 15) is 9.18 Å². The second-order valence-corrected chi connectivity index (χ2v) is 10.8. The van der Waals surface area contributed by atoms with Gasteiger partial charge in [0.2, 0.25) is 0 Å². The van der Waals surface area contributed by atoms with Crippen molar-refractivity contribution in [3.05, 3.63) is 76.9 Å². The number of benzene rings is 2. The van der Waals surface area contributed by atoms with Gasteiger partial charge in [-0.25, -0.2) is 4.39 Å². The van der Waals surface area contributed by atoms with Gasteiger partial charge < -0.3 is 14.5 Å². The summed E-state index contributed by atoms with van der Waals surface area (Å²) in [5.74, 6) is 1.10. The van der Waals surface area contributed by atoms with Gasteiger partial charge in [0.1, 0.15) is 11.6 Å². The van der Waals surface area contributed by atoms with E-state index < -0.39 is 0 Å². The number of aryl methyl sites for hydroxylation is 1. The maximum atomic E-state index is 14.1. The number of H-pyrrole nitrogens is 1. The van der Waals surface area contributed by atoms with E-state index in [0.29, 0.717) is 30.5 Å². The zero-order chi connectivity index (χ0) is 25.9. The molecule has 2 aliphatic heterocycles. The molecule has 0 bridgehead atoms. The van der Waals surface area contributed by atoms with Gasteiger partial charge in [0.05, 0.1) is 12.3 Å². The van der Waals surface area contributed by atoms with Gasteiger partial charge in [-0.3, -0.25) is 14.8 Å². The third-order valence-corrected chi connectivity index (χ3v) is 8.17. The molecule has 1 atom stereocenters. The molecule has 0 saturated carbocycles. The summed E-state index contributed by atoms with van der Waals surface area (Å²) >= 11 is 0. The van der Waals surface area contributed by atoms with E-state index in [1.54, 1.807) is 6.07 Å². The van der Waals surface area contributed by atoms with Crippen LogP contribution >= 0.6 is 0 Å². The highest BCUT2D eigenvalue weighted by Gasteiger charge is 2.30. The lowest BCUT2D eigenvalue weighted by Gasteiger charge is -2.36. The van der Waals surface area contributed by atoms with E-state index in [1.807, 2.05) is 23.1 Å². The monoisotopic (exact) mass is 517 g/mol. The molecule has 2 fully saturated rings. The molecule has 0 radical (unpaired) electrons. The van der Waals surface area contributed by atoms with Gasteiger partial charge in [-0.1, -0.05) is 24.3 Å². The number of likely N-dealkylation sites (tertiary alicyclic amines) is 1. The third kappa shape index (κ3) is 5.41. The van der Waals surface area contributed by atoms with Gasteiger partial charge in [-0.15, -0.1) is 0 Å². The molecule has 38 heavy (non-hydrogen) atoms. The van der Waals surface area contributed by atoms with Gasteiger partial charge in [0.15, 0.2) is 5.69 Å². The maximum absolute atomic E-state index is 14.1. The first-order chi connectivity index (χ1) is 18.6. The van der Waals surface area contributed by atoms with E-state index in [0.717, 1.165) is 88.4 Å². The molecule has 8 heteroatoms. The van der Waals surface area contributed by atoms with E-state index in [-0.39, 0.29) is 11.7 Å². The van der Waals surface area contributed by atoms with E-state index in [4.69, 9.17) is 4.74 Å². The number of halogens is 1. The molecule has 3 aromatic rings. The summed E-state index contributed by atoms with van der Waals surface area (Å²) in [6.07, 6.45) is 5.10. The first-order valence-corrected chi connectivity index (χ1v) is 13.9. The van der Waals surface area contributed by atoms with Crippen molar-refractivity contribution >= 4 is 11.6 Å². The number of ether oxygens (including phenoxy) is 1. The number of aromatic nitrogens is 2. The lowest BCUT2D eigenvalue weighted by atomic mass is 9.98. The Bertz CT molecular complexity index is 1270. The average Bonchev–Trinajstić information content (AvgIpc) is 3.57. The number of amides is 1. The summed E-state index contributed by atoms with van der Waals surface area (Å²) in [4.78, 5) is 19.7. The number of fused-ring (bicyclic) bond motifs is 1. The van der Waals surface area contributed by atoms with Gasteiger partial charge in [0.25, 0.3) is 5.91 Å². The Labute approximate surface area is 223 Å². The Balaban J connectivity index is 0.995. The van der Waals surface area contributed by atoms with Crippen molar-refractivity contribution in [1.29, 1.82) is 0 Å². The lowest BCUT2D eigenvalue weighted by Crippen LogP contribution is -2.46. The van der Waals surface area contributed by atoms with Gasteiger partial charge in [0, 0.05) is 63.0 Å². The van der Waals surface area contributed by atoms with E-state index in [2.05, 4.69) is 38.2 Å². The van der Waals surface area contributed by atoms with Crippen LogP contribution in [0.25, 0.3) is 0 Å². The smallest absolute Gasteiger partial charge is 0.274 e. The van der Waals surface area contributed by atoms with E-state index >= 15 is 0 Å². The predicted octanol–water partition coefficient (Wildman–Crippen LogP) is 4.29. The fraction of sp³-hybridized carbons (Fsp3) is 0.467. The largest absolute Gasteiger partial charge is 0.493 e. The topological polar surface area (TPSA) is 64.7 Å². The number of piperidine rings is 1. The highest BCUT2D eigenvalue weighted by atomic mass is 19.1. The van der Waals surface area contributed by atoms with Crippen LogP contribution in [0.5, 0.6) is 5.75 Å². The number of rotatable bonds is 7. The fourth-order valence-corrected chi connectivity index (χ4v) is 6.09. The minimum atomic E-state index is -0.152. The van der Waals surface area contributed by atoms with Gasteiger partial charge >= 0.3 is 0 Å². The summed E-state index contributed by atoms with van der Waals surface area (Å²) in [5, 5.41) is 7.41. The Morgan fingerprint density at radius 3 is 2.76 bits per heavy atom. The van der Waals surface area contributed by atoms with Crippen molar-refractivity contribution in [2.45, 2.75) is 38.6 Å². The molecule has 2 saturated heterocycles. The Morgan fingerprint density at radius 1 is 1.03 bits per heavy atom. The zero-order valence-corrected chi connectivity index (χ0v) is 21.9. The Hall–Kier alpha value is -3.39. The van der Waals surface area contributed by atoms with E-state index in [1.165, 1.54) is 11.6 Å². The van der Waals surface area contributed by atoms with Crippen LogP contribution in [0.1, 0.15) is 46.6 Å². The first kappa shape index (κ1) is 24.9. The minimum absolute atomic E-state index is 0.0613. The van der Waals surface area contributed by atoms with Gasteiger partial charge in [-0.2, -0.15) is 5.10 Å². The summed E-state index contributed by atoms with van der Waals surface area (Å²) in [7, 11) is 0. The summed E-state index contributed by atoms with van der Waals surface area (Å²) in [6, 6.07) is 15.3. The Morgan fingerprint density at radius 2 is 1.89 bits per heavy atom. The van der Waals surface area contributed by atoms with Crippen LogP contribution in [-0.4, -0.2) is 71.8 Å². The van der Waals surface area contributed by atoms with Crippen LogP contribution in [0.15, 0.2) is 48.5 Å². The van der Waals surface area contributed by atoms with Crippen molar-refractivity contribution in [1.82, 2.24) is 20.0 Å². The number of nitrogens with zero attached hydrogens (tertiary/aromatic N) is 4. The van der Waals surface area contributed by atoms with Crippen LogP contribution in [0.4, 0.5) is 10.1 Å². The van der Waals surface area contributed by atoms with Crippen LogP contribution < -0.4 is 9.64 Å². The molecule has 7 nitrogen and oxygen atoms in total. The normalized spacial score (nSPS) is 20.0. The van der Waals surface area contributed by atoms with Crippen molar-refractivity contribution in [2.75, 3.05) is 50.8 Å². The molecule has 1 aromatic heterocycles. The highest BCUT2D eigenvalue weighted by molar-refractivity contribution is 5.94.